The lowest BCUT2D eigenvalue weighted by Crippen LogP contribution is -2.05. The summed E-state index contributed by atoms with van der Waals surface area (Å²) in [4.78, 5) is 0. The molecule has 1 fully saturated rings. The fourth-order valence-corrected chi connectivity index (χ4v) is 2.28. The van der Waals surface area contributed by atoms with Crippen molar-refractivity contribution >= 4 is 0 Å². The van der Waals surface area contributed by atoms with Crippen LogP contribution in [0.2, 0.25) is 0 Å². The van der Waals surface area contributed by atoms with Crippen LogP contribution in [0.3, 0.4) is 0 Å². The van der Waals surface area contributed by atoms with Crippen LogP contribution >= 0.6 is 0 Å². The van der Waals surface area contributed by atoms with E-state index >= 15 is 0 Å². The number of halogens is 1. The summed E-state index contributed by atoms with van der Waals surface area (Å²) in [6.07, 6.45) is 0.836. The largest absolute Gasteiger partial charge is 0.489 e. The molecule has 0 amide bonds. The lowest BCUT2D eigenvalue weighted by atomic mass is 10.1. The monoisotopic (exact) mass is 257 g/mol. The summed E-state index contributed by atoms with van der Waals surface area (Å²) in [5.41, 5.74) is 7.52. The van der Waals surface area contributed by atoms with Crippen LogP contribution in [0.15, 0.2) is 48.5 Å². The van der Waals surface area contributed by atoms with Gasteiger partial charge in [0, 0.05) is 17.5 Å². The molecule has 2 nitrogen and oxygen atoms in total. The van der Waals surface area contributed by atoms with E-state index in [9.17, 15) is 4.39 Å². The SMILES string of the molecule is N[C@H]1C[C@@H]1c1c(F)cccc1OCc1ccccc1. The molecule has 2 aromatic rings. The van der Waals surface area contributed by atoms with Gasteiger partial charge in [-0.15, -0.1) is 0 Å². The molecule has 0 heterocycles. The van der Waals surface area contributed by atoms with E-state index in [0.29, 0.717) is 17.9 Å². The highest BCUT2D eigenvalue weighted by molar-refractivity contribution is 5.42. The maximum Gasteiger partial charge on any atom is 0.130 e. The van der Waals surface area contributed by atoms with Gasteiger partial charge in [-0.25, -0.2) is 4.39 Å². The molecule has 0 saturated heterocycles. The van der Waals surface area contributed by atoms with E-state index in [0.717, 1.165) is 12.0 Å². The second-order valence-electron chi connectivity index (χ2n) is 4.93. The van der Waals surface area contributed by atoms with Crippen molar-refractivity contribution in [2.45, 2.75) is 25.0 Å². The fraction of sp³-hybridized carbons (Fsp3) is 0.250. The maximum absolute atomic E-state index is 13.9. The molecule has 0 unspecified atom stereocenters. The molecule has 2 atom stereocenters. The third-order valence-corrected chi connectivity index (χ3v) is 3.46. The lowest BCUT2D eigenvalue weighted by Gasteiger charge is -2.12. The Morgan fingerprint density at radius 2 is 1.84 bits per heavy atom. The third kappa shape index (κ3) is 2.61. The molecule has 3 heteroatoms. The minimum absolute atomic E-state index is 0.0657. The van der Waals surface area contributed by atoms with Crippen molar-refractivity contribution in [3.05, 3.63) is 65.5 Å². The van der Waals surface area contributed by atoms with Gasteiger partial charge in [-0.2, -0.15) is 0 Å². The van der Waals surface area contributed by atoms with Crippen LogP contribution in [-0.4, -0.2) is 6.04 Å². The van der Waals surface area contributed by atoms with Gasteiger partial charge in [0.25, 0.3) is 0 Å². The molecular weight excluding hydrogens is 241 g/mol. The van der Waals surface area contributed by atoms with E-state index in [1.807, 2.05) is 36.4 Å². The summed E-state index contributed by atoms with van der Waals surface area (Å²) in [5, 5.41) is 0. The normalized spacial score (nSPS) is 21.2. The molecule has 0 aromatic heterocycles. The van der Waals surface area contributed by atoms with Gasteiger partial charge in [0.1, 0.15) is 18.2 Å². The molecule has 0 radical (unpaired) electrons. The van der Waals surface area contributed by atoms with E-state index in [1.165, 1.54) is 6.07 Å². The number of nitrogens with two attached hydrogens (primary N) is 1. The Morgan fingerprint density at radius 1 is 1.11 bits per heavy atom. The van der Waals surface area contributed by atoms with Crippen molar-refractivity contribution in [1.29, 1.82) is 0 Å². The van der Waals surface area contributed by atoms with Gasteiger partial charge in [-0.1, -0.05) is 36.4 Å². The average molecular weight is 257 g/mol. The zero-order chi connectivity index (χ0) is 13.2. The Labute approximate surface area is 112 Å². The van der Waals surface area contributed by atoms with Gasteiger partial charge in [-0.05, 0) is 24.1 Å². The van der Waals surface area contributed by atoms with Crippen LogP contribution < -0.4 is 10.5 Å². The predicted molar refractivity (Wildman–Crippen MR) is 72.5 cm³/mol. The molecule has 98 valence electrons. The molecule has 1 saturated carbocycles. The molecule has 1 aliphatic carbocycles. The zero-order valence-electron chi connectivity index (χ0n) is 10.6. The van der Waals surface area contributed by atoms with Gasteiger partial charge >= 0.3 is 0 Å². The third-order valence-electron chi connectivity index (χ3n) is 3.46. The minimum Gasteiger partial charge on any atom is -0.489 e. The van der Waals surface area contributed by atoms with Gasteiger partial charge in [-0.3, -0.25) is 0 Å². The highest BCUT2D eigenvalue weighted by Crippen LogP contribution is 2.44. The standard InChI is InChI=1S/C16H16FNO/c17-13-7-4-8-15(16(13)12-9-14(12)18)19-10-11-5-2-1-3-6-11/h1-8,12,14H,9-10,18H2/t12-,14-/m0/s1. The molecule has 1 aliphatic rings. The molecule has 19 heavy (non-hydrogen) atoms. The van der Waals surface area contributed by atoms with Gasteiger partial charge in [0.2, 0.25) is 0 Å². The van der Waals surface area contributed by atoms with Crippen molar-refractivity contribution in [3.8, 4) is 5.75 Å². The molecule has 0 spiro atoms. The molecule has 2 N–H and O–H groups in total. The van der Waals surface area contributed by atoms with Crippen LogP contribution in [0.1, 0.15) is 23.5 Å². The smallest absolute Gasteiger partial charge is 0.130 e. The Hall–Kier alpha value is -1.87. The van der Waals surface area contributed by atoms with Crippen LogP contribution in [0, 0.1) is 5.82 Å². The maximum atomic E-state index is 13.9. The van der Waals surface area contributed by atoms with Crippen LogP contribution in [0.5, 0.6) is 5.75 Å². The highest BCUT2D eigenvalue weighted by atomic mass is 19.1. The molecule has 0 bridgehead atoms. The van der Waals surface area contributed by atoms with Gasteiger partial charge in [0.15, 0.2) is 0 Å². The van der Waals surface area contributed by atoms with Crippen LogP contribution in [-0.2, 0) is 6.61 Å². The Bertz CT molecular complexity index is 570. The quantitative estimate of drug-likeness (QED) is 0.912. The number of hydrogen-bond acceptors (Lipinski definition) is 2. The van der Waals surface area contributed by atoms with Crippen molar-refractivity contribution in [3.63, 3.8) is 0 Å². The van der Waals surface area contributed by atoms with E-state index in [4.69, 9.17) is 10.5 Å². The summed E-state index contributed by atoms with van der Waals surface area (Å²) in [6, 6.07) is 14.9. The second kappa shape index (κ2) is 5.02. The summed E-state index contributed by atoms with van der Waals surface area (Å²) >= 11 is 0. The lowest BCUT2D eigenvalue weighted by molar-refractivity contribution is 0.300. The molecule has 3 rings (SSSR count). The fourth-order valence-electron chi connectivity index (χ4n) is 2.28. The number of rotatable bonds is 4. The van der Waals surface area contributed by atoms with Crippen molar-refractivity contribution in [1.82, 2.24) is 0 Å². The first kappa shape index (κ1) is 12.2. The highest BCUT2D eigenvalue weighted by Gasteiger charge is 2.39. The van der Waals surface area contributed by atoms with E-state index in [2.05, 4.69) is 0 Å². The molecular formula is C16H16FNO. The van der Waals surface area contributed by atoms with Crippen LogP contribution in [0.25, 0.3) is 0 Å². The van der Waals surface area contributed by atoms with E-state index in [-0.39, 0.29) is 17.8 Å². The van der Waals surface area contributed by atoms with Crippen molar-refractivity contribution in [2.24, 2.45) is 5.73 Å². The molecule has 0 aliphatic heterocycles. The number of hydrogen-bond donors (Lipinski definition) is 1. The first-order chi connectivity index (χ1) is 9.25. The zero-order valence-corrected chi connectivity index (χ0v) is 10.6. The first-order valence-corrected chi connectivity index (χ1v) is 6.46. The first-order valence-electron chi connectivity index (χ1n) is 6.46. The van der Waals surface area contributed by atoms with Crippen molar-refractivity contribution in [2.75, 3.05) is 0 Å². The molecule has 2 aromatic carbocycles. The predicted octanol–water partition coefficient (Wildman–Crippen LogP) is 3.22. The topological polar surface area (TPSA) is 35.2 Å². The number of benzene rings is 2. The minimum atomic E-state index is -0.219. The van der Waals surface area contributed by atoms with E-state index in [1.54, 1.807) is 6.07 Å². The average Bonchev–Trinajstić information content (AvgIpc) is 3.14. The second-order valence-corrected chi connectivity index (χ2v) is 4.93. The summed E-state index contributed by atoms with van der Waals surface area (Å²) in [7, 11) is 0. The van der Waals surface area contributed by atoms with E-state index < -0.39 is 0 Å². The van der Waals surface area contributed by atoms with Gasteiger partial charge < -0.3 is 10.5 Å². The summed E-state index contributed by atoms with van der Waals surface area (Å²) in [5.74, 6) is 0.497. The number of ether oxygens (including phenoxy) is 1. The van der Waals surface area contributed by atoms with Crippen molar-refractivity contribution < 1.29 is 9.13 Å². The Balaban J connectivity index is 1.79. The van der Waals surface area contributed by atoms with Gasteiger partial charge in [0.05, 0.1) is 0 Å². The summed E-state index contributed by atoms with van der Waals surface area (Å²) < 4.78 is 19.7. The van der Waals surface area contributed by atoms with Crippen LogP contribution in [0.4, 0.5) is 4.39 Å². The Morgan fingerprint density at radius 3 is 2.53 bits per heavy atom. The summed E-state index contributed by atoms with van der Waals surface area (Å²) in [6.45, 7) is 0.444. The Kier molecular flexibility index (Phi) is 3.22.